The average molecular weight is 325 g/mol. The van der Waals surface area contributed by atoms with Crippen LogP contribution in [0.15, 0.2) is 69.8 Å². The molecule has 1 aromatic rings. The molecule has 0 aromatic heterocycles. The number of benzene rings is 1. The number of hydrogen-bond donors (Lipinski definition) is 1. The van der Waals surface area contributed by atoms with Gasteiger partial charge in [-0.2, -0.15) is 0 Å². The molecule has 0 saturated heterocycles. The average Bonchev–Trinajstić information content (AvgIpc) is 2.58. The van der Waals surface area contributed by atoms with Crippen molar-refractivity contribution in [2.24, 2.45) is 9.98 Å². The fraction of sp³-hybridized carbons (Fsp3) is 0.250. The Hall–Kier alpha value is -2.62. The van der Waals surface area contributed by atoms with Gasteiger partial charge in [-0.3, -0.25) is 15.4 Å². The first-order valence-electron chi connectivity index (χ1n) is 7.77. The van der Waals surface area contributed by atoms with E-state index in [0.29, 0.717) is 22.6 Å². The largest absolute Gasteiger partial charge is 0.300 e. The quantitative estimate of drug-likeness (QED) is 0.703. The van der Waals surface area contributed by atoms with Gasteiger partial charge in [-0.25, -0.2) is 4.39 Å². The summed E-state index contributed by atoms with van der Waals surface area (Å²) in [4.78, 5) is 8.69. The van der Waals surface area contributed by atoms with E-state index in [9.17, 15) is 4.39 Å². The lowest BCUT2D eigenvalue weighted by Crippen LogP contribution is -2.12. The van der Waals surface area contributed by atoms with Crippen LogP contribution in [-0.4, -0.2) is 24.2 Å². The molecule has 1 N–H and O–H groups in total. The number of nitrogens with one attached hydrogen (secondary N) is 1. The smallest absolute Gasteiger partial charge is 0.123 e. The molecule has 0 fully saturated rings. The first-order valence-corrected chi connectivity index (χ1v) is 7.77. The highest BCUT2D eigenvalue weighted by Crippen LogP contribution is 2.12. The number of halogens is 1. The predicted octanol–water partition coefficient (Wildman–Crippen LogP) is 5.15. The van der Waals surface area contributed by atoms with Gasteiger partial charge in [0.25, 0.3) is 0 Å². The van der Waals surface area contributed by atoms with Crippen LogP contribution in [0.5, 0.6) is 0 Å². The lowest BCUT2D eigenvalue weighted by Gasteiger charge is -2.09. The molecule has 1 rings (SSSR count). The van der Waals surface area contributed by atoms with E-state index in [1.807, 2.05) is 52.0 Å². The van der Waals surface area contributed by atoms with Crippen LogP contribution >= 0.6 is 0 Å². The molecule has 0 saturated carbocycles. The number of aliphatic imine (C=N–C) groups is 2. The Balaban J connectivity index is 3.07. The summed E-state index contributed by atoms with van der Waals surface area (Å²) in [6.07, 6.45) is 7.49. The fourth-order valence-electron chi connectivity index (χ4n) is 2.06. The van der Waals surface area contributed by atoms with Crippen LogP contribution in [0.2, 0.25) is 0 Å². The molecule has 0 unspecified atom stereocenters. The Morgan fingerprint density at radius 3 is 2.17 bits per heavy atom. The van der Waals surface area contributed by atoms with Crippen molar-refractivity contribution >= 4 is 17.1 Å². The van der Waals surface area contributed by atoms with E-state index in [2.05, 4.69) is 9.98 Å². The van der Waals surface area contributed by atoms with Crippen molar-refractivity contribution < 1.29 is 4.39 Å². The third-order valence-corrected chi connectivity index (χ3v) is 3.46. The van der Waals surface area contributed by atoms with Gasteiger partial charge in [0.05, 0.1) is 11.4 Å². The molecular weight excluding hydrogens is 301 g/mol. The summed E-state index contributed by atoms with van der Waals surface area (Å²) < 4.78 is 13.1. The minimum atomic E-state index is -0.316. The molecular formula is C20H24FN3. The molecule has 0 heterocycles. The minimum absolute atomic E-state index is 0.307. The Bertz CT molecular complexity index is 733. The number of allylic oxidation sites excluding steroid dienone is 6. The first kappa shape index (κ1) is 19.4. The molecule has 3 nitrogen and oxygen atoms in total. The SMILES string of the molecule is C\C=C(C)/N=C(C)\C=C/C(=NC)/C(=C/C)C(=N)c1ccc(F)cc1. The fourth-order valence-corrected chi connectivity index (χ4v) is 2.06. The van der Waals surface area contributed by atoms with Gasteiger partial charge in [-0.15, -0.1) is 0 Å². The summed E-state index contributed by atoms with van der Waals surface area (Å²) in [5, 5.41) is 8.38. The predicted molar refractivity (Wildman–Crippen MR) is 102 cm³/mol. The van der Waals surface area contributed by atoms with Crippen LogP contribution in [0.4, 0.5) is 4.39 Å². The lowest BCUT2D eigenvalue weighted by atomic mass is 9.97. The highest BCUT2D eigenvalue weighted by molar-refractivity contribution is 6.32. The molecule has 126 valence electrons. The monoisotopic (exact) mass is 325 g/mol. The van der Waals surface area contributed by atoms with Crippen LogP contribution in [0.1, 0.15) is 33.3 Å². The maximum atomic E-state index is 13.1. The van der Waals surface area contributed by atoms with Crippen LogP contribution in [-0.2, 0) is 0 Å². The summed E-state index contributed by atoms with van der Waals surface area (Å²) >= 11 is 0. The Labute approximate surface area is 143 Å². The van der Waals surface area contributed by atoms with E-state index < -0.39 is 0 Å². The van der Waals surface area contributed by atoms with E-state index in [-0.39, 0.29) is 5.82 Å². The van der Waals surface area contributed by atoms with Gasteiger partial charge in [0.1, 0.15) is 5.82 Å². The van der Waals surface area contributed by atoms with Crippen LogP contribution < -0.4 is 0 Å². The summed E-state index contributed by atoms with van der Waals surface area (Å²) in [6, 6.07) is 5.90. The van der Waals surface area contributed by atoms with Gasteiger partial charge in [0, 0.05) is 29.6 Å². The lowest BCUT2D eigenvalue weighted by molar-refractivity contribution is 0.628. The molecule has 24 heavy (non-hydrogen) atoms. The van der Waals surface area contributed by atoms with Gasteiger partial charge in [0.15, 0.2) is 0 Å². The van der Waals surface area contributed by atoms with Crippen molar-refractivity contribution in [1.29, 1.82) is 5.41 Å². The Kier molecular flexibility index (Phi) is 7.69. The zero-order valence-corrected chi connectivity index (χ0v) is 14.9. The van der Waals surface area contributed by atoms with Crippen molar-refractivity contribution in [2.75, 3.05) is 7.05 Å². The summed E-state index contributed by atoms with van der Waals surface area (Å²) in [7, 11) is 1.69. The standard InChI is InChI=1S/C20H24FN3/c1-6-14(3)24-15(4)8-13-19(23-5)18(7-2)20(22)16-9-11-17(21)12-10-16/h6-13,22H,1-5H3/b13-8-,14-6-,18-7-,22-20?,23-19?,24-15-. The van der Waals surface area contributed by atoms with Crippen molar-refractivity contribution in [2.45, 2.75) is 27.7 Å². The maximum Gasteiger partial charge on any atom is 0.123 e. The highest BCUT2D eigenvalue weighted by Gasteiger charge is 2.11. The van der Waals surface area contributed by atoms with Crippen molar-refractivity contribution in [3.05, 3.63) is 71.2 Å². The number of nitrogens with zero attached hydrogens (tertiary/aromatic N) is 2. The molecule has 0 aliphatic rings. The Morgan fingerprint density at radius 1 is 1.04 bits per heavy atom. The second-order valence-electron chi connectivity index (χ2n) is 5.21. The van der Waals surface area contributed by atoms with E-state index in [1.165, 1.54) is 12.1 Å². The van der Waals surface area contributed by atoms with Gasteiger partial charge in [0.2, 0.25) is 0 Å². The summed E-state index contributed by atoms with van der Waals surface area (Å²) in [5.41, 5.74) is 4.12. The van der Waals surface area contributed by atoms with E-state index >= 15 is 0 Å². The molecule has 0 aliphatic heterocycles. The molecule has 0 aliphatic carbocycles. The van der Waals surface area contributed by atoms with Crippen LogP contribution in [0.25, 0.3) is 0 Å². The second-order valence-corrected chi connectivity index (χ2v) is 5.21. The van der Waals surface area contributed by atoms with E-state index in [0.717, 1.165) is 11.4 Å². The van der Waals surface area contributed by atoms with E-state index in [4.69, 9.17) is 5.41 Å². The molecule has 0 atom stereocenters. The maximum absolute atomic E-state index is 13.1. The Morgan fingerprint density at radius 2 is 1.67 bits per heavy atom. The molecule has 4 heteroatoms. The van der Waals surface area contributed by atoms with Crippen molar-refractivity contribution in [1.82, 2.24) is 0 Å². The molecule has 1 aromatic carbocycles. The van der Waals surface area contributed by atoms with Gasteiger partial charge in [-0.1, -0.05) is 12.2 Å². The molecule has 0 bridgehead atoms. The highest BCUT2D eigenvalue weighted by atomic mass is 19.1. The second kappa shape index (κ2) is 9.50. The molecule has 0 spiro atoms. The van der Waals surface area contributed by atoms with Crippen molar-refractivity contribution in [3.8, 4) is 0 Å². The third kappa shape index (κ3) is 5.54. The number of hydrogen-bond acceptors (Lipinski definition) is 3. The topological polar surface area (TPSA) is 48.6 Å². The first-order chi connectivity index (χ1) is 11.4. The summed E-state index contributed by atoms with van der Waals surface area (Å²) in [5.74, 6) is -0.316. The normalized spacial score (nSPS) is 14.4. The van der Waals surface area contributed by atoms with Crippen molar-refractivity contribution in [3.63, 3.8) is 0 Å². The van der Waals surface area contributed by atoms with Gasteiger partial charge < -0.3 is 0 Å². The zero-order chi connectivity index (χ0) is 18.1. The van der Waals surface area contributed by atoms with E-state index in [1.54, 1.807) is 19.2 Å². The van der Waals surface area contributed by atoms with Gasteiger partial charge in [-0.05, 0) is 64.1 Å². The minimum Gasteiger partial charge on any atom is -0.300 e. The number of rotatable bonds is 6. The van der Waals surface area contributed by atoms with Crippen LogP contribution in [0.3, 0.4) is 0 Å². The van der Waals surface area contributed by atoms with Crippen LogP contribution in [0, 0.1) is 11.2 Å². The molecule has 0 amide bonds. The third-order valence-electron chi connectivity index (χ3n) is 3.46. The van der Waals surface area contributed by atoms with Gasteiger partial charge >= 0.3 is 0 Å². The summed E-state index contributed by atoms with van der Waals surface area (Å²) in [6.45, 7) is 7.65. The zero-order valence-electron chi connectivity index (χ0n) is 14.9. The molecule has 0 radical (unpaired) electrons.